The van der Waals surface area contributed by atoms with Crippen LogP contribution in [0.3, 0.4) is 0 Å². The van der Waals surface area contributed by atoms with Crippen molar-refractivity contribution >= 4 is 56.1 Å². The smallest absolute Gasteiger partial charge is 0.489 e. The molecule has 248 valence electrons. The summed E-state index contributed by atoms with van der Waals surface area (Å²) in [5.74, 6) is 0.0262. The van der Waals surface area contributed by atoms with E-state index in [1.165, 1.54) is 0 Å². The Hall–Kier alpha value is -6.40. The zero-order valence-electron chi connectivity index (χ0n) is 27.6. The molecule has 0 fully saturated rings. The first kappa shape index (κ1) is 32.8. The molecule has 14 heteroatoms. The van der Waals surface area contributed by atoms with Crippen LogP contribution in [0, 0.1) is 0 Å². The van der Waals surface area contributed by atoms with Crippen molar-refractivity contribution in [3.63, 3.8) is 0 Å². The van der Waals surface area contributed by atoms with Crippen LogP contribution < -0.4 is 19.3 Å². The van der Waals surface area contributed by atoms with Gasteiger partial charge in [0.25, 0.3) is 0 Å². The van der Waals surface area contributed by atoms with E-state index in [9.17, 15) is 19.8 Å². The largest absolute Gasteiger partial charge is 2.00 e. The molecule has 0 saturated carbocycles. The van der Waals surface area contributed by atoms with Gasteiger partial charge in [-0.05, 0) is 39.7 Å². The van der Waals surface area contributed by atoms with Crippen molar-refractivity contribution in [3.8, 4) is 51.3 Å². The van der Waals surface area contributed by atoms with Crippen LogP contribution in [-0.4, -0.2) is 53.2 Å². The van der Waals surface area contributed by atoms with Gasteiger partial charge < -0.3 is 44.9 Å². The van der Waals surface area contributed by atoms with Gasteiger partial charge in [-0.25, -0.2) is 4.98 Å². The number of carbonyl (C=O) groups is 2. The zero-order valence-corrected chi connectivity index (χ0v) is 30.5. The molecule has 0 unspecified atom stereocenters. The number of nitrogens with zero attached hydrogens (tertiary/aromatic N) is 8. The number of carboxylic acids is 2. The first-order valence-corrected chi connectivity index (χ1v) is 16.1. The molecule has 8 bridgehead atoms. The monoisotopic (exact) mass is 737 g/mol. The van der Waals surface area contributed by atoms with Crippen molar-refractivity contribution < 1.29 is 48.6 Å². The number of hydrogen-bond donors (Lipinski definition) is 2. The fourth-order valence-corrected chi connectivity index (χ4v) is 6.64. The van der Waals surface area contributed by atoms with Crippen molar-refractivity contribution in [2.24, 2.45) is 7.05 Å². The fourth-order valence-electron chi connectivity index (χ4n) is 6.64. The van der Waals surface area contributed by atoms with E-state index in [1.54, 1.807) is 18.2 Å². The zero-order chi connectivity index (χ0) is 34.8. The number of aromatic nitrogens is 8. The Kier molecular flexibility index (Phi) is 8.03. The van der Waals surface area contributed by atoms with Gasteiger partial charge in [-0.1, -0.05) is 72.8 Å². The van der Waals surface area contributed by atoms with Crippen LogP contribution in [-0.2, 0) is 36.1 Å². The second-order valence-electron chi connectivity index (χ2n) is 12.2. The molecule has 52 heavy (non-hydrogen) atoms. The molecule has 3 aromatic heterocycles. The Bertz CT molecular complexity index is 2780. The third-order valence-electron chi connectivity index (χ3n) is 8.92. The van der Waals surface area contributed by atoms with Gasteiger partial charge in [-0.15, -0.1) is 0 Å². The summed E-state index contributed by atoms with van der Waals surface area (Å²) in [6.07, 6.45) is -2.06. The third-order valence-corrected chi connectivity index (χ3v) is 8.92. The molecular formula is C38H25N8O5Zn+. The van der Waals surface area contributed by atoms with E-state index in [0.717, 1.165) is 33.0 Å². The summed E-state index contributed by atoms with van der Waals surface area (Å²) in [5.41, 5.74) is 4.94. The van der Waals surface area contributed by atoms with Crippen molar-refractivity contribution in [1.82, 2.24) is 34.9 Å². The Labute approximate surface area is 306 Å². The number of fused-ring (bicyclic) bond motifs is 20. The minimum Gasteiger partial charge on any atom is -0.489 e. The van der Waals surface area contributed by atoms with E-state index in [-0.39, 0.29) is 25.2 Å². The molecule has 9 rings (SSSR count). The van der Waals surface area contributed by atoms with Crippen molar-refractivity contribution in [2.75, 3.05) is 0 Å². The summed E-state index contributed by atoms with van der Waals surface area (Å²) in [5, 5.41) is 21.7. The van der Waals surface area contributed by atoms with Crippen LogP contribution in [0.25, 0.3) is 89.7 Å². The summed E-state index contributed by atoms with van der Waals surface area (Å²) in [7, 11) is 1.88. The Morgan fingerprint density at radius 2 is 1.06 bits per heavy atom. The second kappa shape index (κ2) is 12.7. The molecule has 5 heterocycles. The average molecular weight is 739 g/mol. The number of carboxylic acid groups (broad SMARTS) is 2. The predicted molar refractivity (Wildman–Crippen MR) is 186 cm³/mol. The van der Waals surface area contributed by atoms with Gasteiger partial charge in [0.2, 0.25) is 0 Å². The molecule has 0 saturated heterocycles. The summed E-state index contributed by atoms with van der Waals surface area (Å²) < 4.78 is 7.82. The third kappa shape index (κ3) is 5.53. The van der Waals surface area contributed by atoms with Crippen molar-refractivity contribution in [2.45, 2.75) is 18.9 Å². The van der Waals surface area contributed by atoms with E-state index in [4.69, 9.17) is 39.6 Å². The van der Waals surface area contributed by atoms with Crippen LogP contribution in [0.5, 0.6) is 5.75 Å². The number of rotatable bonds is 6. The van der Waals surface area contributed by atoms with E-state index < -0.39 is 30.9 Å². The van der Waals surface area contributed by atoms with Gasteiger partial charge in [-0.3, -0.25) is 14.2 Å². The Balaban J connectivity index is 0.00000387. The molecule has 2 aliphatic heterocycles. The number of aliphatic carboxylic acids is 2. The number of hydrogen-bond acceptors (Lipinski definition) is 8. The van der Waals surface area contributed by atoms with Crippen LogP contribution in [0.4, 0.5) is 0 Å². The predicted octanol–water partition coefficient (Wildman–Crippen LogP) is 5.25. The summed E-state index contributed by atoms with van der Waals surface area (Å²) in [6, 6.07) is 28.4. The molecule has 0 amide bonds. The van der Waals surface area contributed by atoms with Crippen LogP contribution >= 0.6 is 0 Å². The van der Waals surface area contributed by atoms with Crippen LogP contribution in [0.2, 0.25) is 0 Å². The number of ether oxygens (including phenoxy) is 1. The molecule has 0 aliphatic carbocycles. The van der Waals surface area contributed by atoms with Gasteiger partial charge in [0.15, 0.2) is 0 Å². The minimum absolute atomic E-state index is 0. The van der Waals surface area contributed by atoms with Crippen molar-refractivity contribution in [3.05, 3.63) is 91.0 Å². The van der Waals surface area contributed by atoms with Gasteiger partial charge >= 0.3 is 31.4 Å². The van der Waals surface area contributed by atoms with Crippen molar-refractivity contribution in [1.29, 1.82) is 0 Å². The van der Waals surface area contributed by atoms with Gasteiger partial charge in [-0.2, -0.15) is 0 Å². The minimum atomic E-state index is -1.17. The van der Waals surface area contributed by atoms with E-state index in [1.807, 2.05) is 84.4 Å². The SMILES string of the molecule is C[n+]1c2nc3[n-]c(nc4nc(nc5[n-]c(nc1-c1ccccc1-2)c1cc(OC(CC(=O)O)CC(=O)O)ccc51)-c1ccccc1-4)c1ccccc31.[Zn+2]. The van der Waals surface area contributed by atoms with Gasteiger partial charge in [0, 0.05) is 44.8 Å². The summed E-state index contributed by atoms with van der Waals surface area (Å²) in [4.78, 5) is 57.8. The summed E-state index contributed by atoms with van der Waals surface area (Å²) in [6.45, 7) is 0. The van der Waals surface area contributed by atoms with Crippen LogP contribution in [0.1, 0.15) is 12.8 Å². The topological polar surface area (TPSA) is 180 Å². The molecule has 0 radical (unpaired) electrons. The Morgan fingerprint density at radius 3 is 1.58 bits per heavy atom. The maximum atomic E-state index is 11.5. The molecule has 4 aromatic carbocycles. The van der Waals surface area contributed by atoms with E-state index in [2.05, 4.69) is 0 Å². The molecule has 0 atom stereocenters. The van der Waals surface area contributed by atoms with E-state index in [0.29, 0.717) is 56.7 Å². The molecular weight excluding hydrogens is 714 g/mol. The Morgan fingerprint density at radius 1 is 0.615 bits per heavy atom. The number of benzene rings is 4. The average Bonchev–Trinajstić information content (AvgIpc) is 3.82. The normalized spacial score (nSPS) is 11.7. The standard InChI is InChI=1S/C38H26N8O5.Zn/c1-46-37-26-12-6-7-13-27(26)38(46)45-36-28-16-19(51-20(17-29(47)48)18-30(49)50)14-15-25(28)34(43-36)41-32-22-9-3-2-8-21(22)31(39-32)40-33-23-10-4-5-11-24(23)35(42-33)44-37;/h2-16,20H,17-18H2,1H3,(H3,39,40,41,42,43,44,45,47,48,49,50);/q;+2/p-1. The van der Waals surface area contributed by atoms with Gasteiger partial charge in [0.1, 0.15) is 23.5 Å². The van der Waals surface area contributed by atoms with Crippen LogP contribution in [0.15, 0.2) is 91.0 Å². The first-order chi connectivity index (χ1) is 24.8. The van der Waals surface area contributed by atoms with E-state index >= 15 is 0 Å². The molecule has 0 spiro atoms. The molecule has 2 aliphatic rings. The molecule has 7 aromatic rings. The fraction of sp³-hybridized carbons (Fsp3) is 0.105. The maximum Gasteiger partial charge on any atom is 2.00 e. The molecule has 13 nitrogen and oxygen atoms in total. The summed E-state index contributed by atoms with van der Waals surface area (Å²) >= 11 is 0. The van der Waals surface area contributed by atoms with Gasteiger partial charge in [0.05, 0.1) is 31.5 Å². The quantitative estimate of drug-likeness (QED) is 0.167. The first-order valence-electron chi connectivity index (χ1n) is 16.1. The second-order valence-corrected chi connectivity index (χ2v) is 12.2. The molecule has 2 N–H and O–H groups in total. The maximum absolute atomic E-state index is 11.5.